The lowest BCUT2D eigenvalue weighted by Crippen LogP contribution is -2.25. The van der Waals surface area contributed by atoms with E-state index < -0.39 is 11.9 Å². The van der Waals surface area contributed by atoms with E-state index in [2.05, 4.69) is 5.32 Å². The minimum absolute atomic E-state index is 0.154. The van der Waals surface area contributed by atoms with Crippen LogP contribution in [0.3, 0.4) is 0 Å². The highest BCUT2D eigenvalue weighted by atomic mass is 16.4. The van der Waals surface area contributed by atoms with Crippen LogP contribution >= 0.6 is 0 Å². The molecule has 1 amide bonds. The molecule has 1 aromatic carbocycles. The Morgan fingerprint density at radius 3 is 2.76 bits per heavy atom. The Morgan fingerprint density at radius 2 is 2.18 bits per heavy atom. The number of aryl methyl sites for hydroxylation is 1. The highest BCUT2D eigenvalue weighted by Gasteiger charge is 2.48. The minimum Gasteiger partial charge on any atom is -0.481 e. The molecule has 1 fully saturated rings. The molecular weight excluding hydrogens is 218 g/mol. The first-order valence-corrected chi connectivity index (χ1v) is 5.64. The van der Waals surface area contributed by atoms with Crippen molar-refractivity contribution >= 4 is 11.9 Å². The minimum atomic E-state index is -0.874. The number of carbonyl (C=O) groups is 2. The van der Waals surface area contributed by atoms with Crippen molar-refractivity contribution in [3.8, 4) is 0 Å². The fourth-order valence-electron chi connectivity index (χ4n) is 1.90. The van der Waals surface area contributed by atoms with Crippen molar-refractivity contribution < 1.29 is 14.7 Å². The second kappa shape index (κ2) is 4.57. The number of hydrogen-bond donors (Lipinski definition) is 2. The molecule has 0 aliphatic heterocycles. The molecule has 2 atom stereocenters. The second-order valence-electron chi connectivity index (χ2n) is 4.49. The predicted molar refractivity (Wildman–Crippen MR) is 62.3 cm³/mol. The molecule has 2 rings (SSSR count). The van der Waals surface area contributed by atoms with Gasteiger partial charge in [-0.1, -0.05) is 29.8 Å². The molecule has 0 radical (unpaired) electrons. The summed E-state index contributed by atoms with van der Waals surface area (Å²) in [6.45, 7) is 2.45. The molecule has 0 heterocycles. The average Bonchev–Trinajstić information content (AvgIpc) is 3.06. The number of carboxylic acid groups (broad SMARTS) is 1. The van der Waals surface area contributed by atoms with E-state index in [1.165, 1.54) is 0 Å². The van der Waals surface area contributed by atoms with Crippen molar-refractivity contribution in [1.29, 1.82) is 0 Å². The maximum Gasteiger partial charge on any atom is 0.307 e. The van der Waals surface area contributed by atoms with Crippen molar-refractivity contribution in [1.82, 2.24) is 5.32 Å². The van der Waals surface area contributed by atoms with Crippen LogP contribution in [0.1, 0.15) is 17.5 Å². The van der Waals surface area contributed by atoms with Gasteiger partial charge in [-0.3, -0.25) is 9.59 Å². The summed E-state index contributed by atoms with van der Waals surface area (Å²) in [6.07, 6.45) is 0.467. The first-order valence-electron chi connectivity index (χ1n) is 5.64. The lowest BCUT2D eigenvalue weighted by atomic mass is 10.1. The smallest absolute Gasteiger partial charge is 0.307 e. The average molecular weight is 233 g/mol. The van der Waals surface area contributed by atoms with Crippen molar-refractivity contribution in [3.63, 3.8) is 0 Å². The highest BCUT2D eigenvalue weighted by Crippen LogP contribution is 2.38. The number of amides is 1. The Bertz CT molecular complexity index is 456. The van der Waals surface area contributed by atoms with Gasteiger partial charge in [-0.25, -0.2) is 0 Å². The third-order valence-electron chi connectivity index (χ3n) is 2.99. The summed E-state index contributed by atoms with van der Waals surface area (Å²) in [5, 5.41) is 11.5. The van der Waals surface area contributed by atoms with Gasteiger partial charge in [-0.05, 0) is 18.9 Å². The third kappa shape index (κ3) is 2.84. The van der Waals surface area contributed by atoms with E-state index in [1.807, 2.05) is 31.2 Å². The largest absolute Gasteiger partial charge is 0.481 e. The fraction of sp³-hybridized carbons (Fsp3) is 0.385. The van der Waals surface area contributed by atoms with E-state index in [0.717, 1.165) is 11.1 Å². The highest BCUT2D eigenvalue weighted by molar-refractivity contribution is 5.89. The standard InChI is InChI=1S/C13H15NO3/c1-8-3-2-4-9(5-8)7-14-12(15)10-6-11(10)13(16)17/h2-5,10-11H,6-7H2,1H3,(H,14,15)(H,16,17)/t10-,11-/m1/s1. The Hall–Kier alpha value is -1.84. The van der Waals surface area contributed by atoms with Gasteiger partial charge in [0.05, 0.1) is 11.8 Å². The van der Waals surface area contributed by atoms with Crippen molar-refractivity contribution in [2.24, 2.45) is 11.8 Å². The summed E-state index contributed by atoms with van der Waals surface area (Å²) in [5.41, 5.74) is 2.18. The molecule has 4 heteroatoms. The number of aliphatic carboxylic acids is 1. The molecule has 0 bridgehead atoms. The molecule has 0 unspecified atom stereocenters. The summed E-state index contributed by atoms with van der Waals surface area (Å²) in [7, 11) is 0. The molecular formula is C13H15NO3. The number of hydrogen-bond acceptors (Lipinski definition) is 2. The number of rotatable bonds is 4. The van der Waals surface area contributed by atoms with Crippen LogP contribution in [0.5, 0.6) is 0 Å². The van der Waals surface area contributed by atoms with Crippen molar-refractivity contribution in [2.75, 3.05) is 0 Å². The van der Waals surface area contributed by atoms with Crippen LogP contribution in [-0.2, 0) is 16.1 Å². The van der Waals surface area contributed by atoms with Crippen LogP contribution in [0.2, 0.25) is 0 Å². The maximum absolute atomic E-state index is 11.6. The Balaban J connectivity index is 1.83. The van der Waals surface area contributed by atoms with Gasteiger partial charge in [0.15, 0.2) is 0 Å². The molecule has 1 aromatic rings. The van der Waals surface area contributed by atoms with E-state index in [1.54, 1.807) is 0 Å². The molecule has 2 N–H and O–H groups in total. The molecule has 0 spiro atoms. The fourth-order valence-corrected chi connectivity index (χ4v) is 1.90. The Kier molecular flexibility index (Phi) is 3.13. The lowest BCUT2D eigenvalue weighted by molar-refractivity contribution is -0.140. The molecule has 0 saturated heterocycles. The van der Waals surface area contributed by atoms with Crippen molar-refractivity contribution in [3.05, 3.63) is 35.4 Å². The number of nitrogens with one attached hydrogen (secondary N) is 1. The molecule has 1 saturated carbocycles. The zero-order chi connectivity index (χ0) is 12.4. The number of carbonyl (C=O) groups excluding carboxylic acids is 1. The van der Waals surface area contributed by atoms with Crippen LogP contribution in [0.4, 0.5) is 0 Å². The Morgan fingerprint density at radius 1 is 1.41 bits per heavy atom. The molecule has 1 aliphatic rings. The molecule has 17 heavy (non-hydrogen) atoms. The van der Waals surface area contributed by atoms with Crippen LogP contribution in [0.15, 0.2) is 24.3 Å². The van der Waals surface area contributed by atoms with Crippen LogP contribution in [0, 0.1) is 18.8 Å². The maximum atomic E-state index is 11.6. The molecule has 1 aliphatic carbocycles. The second-order valence-corrected chi connectivity index (χ2v) is 4.49. The van der Waals surface area contributed by atoms with Crippen LogP contribution < -0.4 is 5.32 Å². The van der Waals surface area contributed by atoms with Gasteiger partial charge in [0.25, 0.3) is 0 Å². The van der Waals surface area contributed by atoms with E-state index in [0.29, 0.717) is 13.0 Å². The Labute approximate surface area is 99.6 Å². The molecule has 4 nitrogen and oxygen atoms in total. The van der Waals surface area contributed by atoms with Gasteiger partial charge in [0.2, 0.25) is 5.91 Å². The van der Waals surface area contributed by atoms with Gasteiger partial charge in [0, 0.05) is 6.54 Å². The third-order valence-corrected chi connectivity index (χ3v) is 2.99. The van der Waals surface area contributed by atoms with Gasteiger partial charge < -0.3 is 10.4 Å². The van der Waals surface area contributed by atoms with E-state index in [9.17, 15) is 9.59 Å². The van der Waals surface area contributed by atoms with Gasteiger partial charge >= 0.3 is 5.97 Å². The van der Waals surface area contributed by atoms with Crippen LogP contribution in [0.25, 0.3) is 0 Å². The SMILES string of the molecule is Cc1cccc(CNC(=O)[C@@H]2C[C@H]2C(=O)O)c1. The van der Waals surface area contributed by atoms with E-state index in [4.69, 9.17) is 5.11 Å². The van der Waals surface area contributed by atoms with Gasteiger partial charge in [-0.15, -0.1) is 0 Å². The summed E-state index contributed by atoms with van der Waals surface area (Å²) in [6, 6.07) is 7.87. The summed E-state index contributed by atoms with van der Waals surface area (Å²) < 4.78 is 0. The zero-order valence-electron chi connectivity index (χ0n) is 9.64. The molecule has 0 aromatic heterocycles. The summed E-state index contributed by atoms with van der Waals surface area (Å²) in [5.74, 6) is -1.84. The number of benzene rings is 1. The zero-order valence-corrected chi connectivity index (χ0v) is 9.64. The van der Waals surface area contributed by atoms with E-state index >= 15 is 0 Å². The van der Waals surface area contributed by atoms with Gasteiger partial charge in [0.1, 0.15) is 0 Å². The quantitative estimate of drug-likeness (QED) is 0.824. The predicted octanol–water partition coefficient (Wildman–Crippen LogP) is 1.33. The van der Waals surface area contributed by atoms with Crippen LogP contribution in [-0.4, -0.2) is 17.0 Å². The van der Waals surface area contributed by atoms with Crippen molar-refractivity contribution in [2.45, 2.75) is 19.9 Å². The van der Waals surface area contributed by atoms with Gasteiger partial charge in [-0.2, -0.15) is 0 Å². The topological polar surface area (TPSA) is 66.4 Å². The monoisotopic (exact) mass is 233 g/mol. The first kappa shape index (κ1) is 11.6. The summed E-state index contributed by atoms with van der Waals surface area (Å²) >= 11 is 0. The summed E-state index contributed by atoms with van der Waals surface area (Å²) in [4.78, 5) is 22.2. The normalized spacial score (nSPS) is 21.9. The molecule has 90 valence electrons. The van der Waals surface area contributed by atoms with E-state index in [-0.39, 0.29) is 11.8 Å². The number of carboxylic acids is 1. The first-order chi connectivity index (χ1) is 8.08. The lowest BCUT2D eigenvalue weighted by Gasteiger charge is -2.05.